The van der Waals surface area contributed by atoms with Crippen LogP contribution in [0.3, 0.4) is 0 Å². The van der Waals surface area contributed by atoms with E-state index >= 15 is 0 Å². The minimum atomic E-state index is 0.0132. The molecule has 2 heterocycles. The van der Waals surface area contributed by atoms with Crippen molar-refractivity contribution >= 4 is 28.3 Å². The molecule has 150 valence electrons. The third-order valence-corrected chi connectivity index (χ3v) is 5.52. The van der Waals surface area contributed by atoms with Crippen molar-refractivity contribution in [2.45, 2.75) is 13.5 Å². The summed E-state index contributed by atoms with van der Waals surface area (Å²) in [6.45, 7) is 4.72. The molecule has 6 nitrogen and oxygen atoms in total. The molecule has 0 spiro atoms. The summed E-state index contributed by atoms with van der Waals surface area (Å²) in [4.78, 5) is 29.0. The van der Waals surface area contributed by atoms with E-state index in [1.807, 2.05) is 51.9 Å². The van der Waals surface area contributed by atoms with Crippen LogP contribution in [0.1, 0.15) is 17.3 Å². The first-order valence-corrected chi connectivity index (χ1v) is 9.82. The number of ether oxygens (including phenoxy) is 1. The number of Topliss-reactive ketones (excluding diaryl/α,β-unsaturated/α-hetero) is 1. The monoisotopic (exact) mass is 391 g/mol. The van der Waals surface area contributed by atoms with E-state index in [1.54, 1.807) is 20.2 Å². The molecule has 0 N–H and O–H groups in total. The van der Waals surface area contributed by atoms with E-state index in [2.05, 4.69) is 11.0 Å². The summed E-state index contributed by atoms with van der Waals surface area (Å²) in [5, 5.41) is 0.899. The van der Waals surface area contributed by atoms with Crippen molar-refractivity contribution in [3.05, 3.63) is 60.3 Å². The van der Waals surface area contributed by atoms with Gasteiger partial charge in [0.1, 0.15) is 12.3 Å². The number of hydrogen-bond donors (Lipinski definition) is 0. The maximum atomic E-state index is 12.9. The predicted molar refractivity (Wildman–Crippen MR) is 114 cm³/mol. The Morgan fingerprint density at radius 2 is 1.76 bits per heavy atom. The van der Waals surface area contributed by atoms with E-state index < -0.39 is 0 Å². The molecule has 29 heavy (non-hydrogen) atoms. The predicted octanol–water partition coefficient (Wildman–Crippen LogP) is 3.20. The Morgan fingerprint density at radius 3 is 2.48 bits per heavy atom. The van der Waals surface area contributed by atoms with Crippen LogP contribution in [0.25, 0.3) is 10.9 Å². The van der Waals surface area contributed by atoms with Crippen LogP contribution in [-0.4, -0.2) is 54.4 Å². The number of hydrogen-bond acceptors (Lipinski definition) is 4. The van der Waals surface area contributed by atoms with Crippen LogP contribution in [0.2, 0.25) is 0 Å². The highest BCUT2D eigenvalue weighted by atomic mass is 16.5. The molecule has 0 atom stereocenters. The van der Waals surface area contributed by atoms with Crippen molar-refractivity contribution in [3.63, 3.8) is 0 Å². The van der Waals surface area contributed by atoms with Crippen LogP contribution in [0.5, 0.6) is 5.75 Å². The highest BCUT2D eigenvalue weighted by molar-refractivity contribution is 6.07. The van der Waals surface area contributed by atoms with Crippen molar-refractivity contribution in [1.82, 2.24) is 9.47 Å². The number of rotatable bonds is 5. The Morgan fingerprint density at radius 1 is 1.00 bits per heavy atom. The van der Waals surface area contributed by atoms with Gasteiger partial charge in [0, 0.05) is 60.6 Å². The Balaban J connectivity index is 1.44. The van der Waals surface area contributed by atoms with Gasteiger partial charge in [-0.15, -0.1) is 0 Å². The fourth-order valence-corrected chi connectivity index (χ4v) is 3.93. The van der Waals surface area contributed by atoms with E-state index in [9.17, 15) is 9.59 Å². The van der Waals surface area contributed by atoms with E-state index in [0.717, 1.165) is 35.4 Å². The van der Waals surface area contributed by atoms with Gasteiger partial charge in [0.05, 0.1) is 7.11 Å². The SMILES string of the molecule is COc1cccc(N2CCN(C(=O)Cn3cc(C(C)=O)c4ccccc43)CC2)c1. The molecule has 3 aromatic rings. The van der Waals surface area contributed by atoms with Crippen LogP contribution in [-0.2, 0) is 11.3 Å². The number of carbonyl (C=O) groups is 2. The molecule has 1 fully saturated rings. The molecule has 0 aliphatic carbocycles. The third-order valence-electron chi connectivity index (χ3n) is 5.52. The van der Waals surface area contributed by atoms with Gasteiger partial charge < -0.3 is 19.1 Å². The number of nitrogens with zero attached hydrogens (tertiary/aromatic N) is 3. The minimum absolute atomic E-state index is 0.0132. The zero-order valence-electron chi connectivity index (χ0n) is 16.8. The van der Waals surface area contributed by atoms with E-state index in [1.165, 1.54) is 0 Å². The minimum Gasteiger partial charge on any atom is -0.497 e. The number of ketones is 1. The summed E-state index contributed by atoms with van der Waals surface area (Å²) in [5.41, 5.74) is 2.69. The van der Waals surface area contributed by atoms with E-state index in [0.29, 0.717) is 18.7 Å². The summed E-state index contributed by atoms with van der Waals surface area (Å²) >= 11 is 0. The number of aromatic nitrogens is 1. The van der Waals surface area contributed by atoms with Crippen molar-refractivity contribution < 1.29 is 14.3 Å². The Labute approximate surface area is 170 Å². The van der Waals surface area contributed by atoms with Crippen molar-refractivity contribution in [1.29, 1.82) is 0 Å². The second-order valence-corrected chi connectivity index (χ2v) is 7.31. The lowest BCUT2D eigenvalue weighted by Crippen LogP contribution is -2.49. The average Bonchev–Trinajstić information content (AvgIpc) is 3.13. The van der Waals surface area contributed by atoms with Crippen LogP contribution < -0.4 is 9.64 Å². The van der Waals surface area contributed by atoms with Gasteiger partial charge in [0.25, 0.3) is 0 Å². The molecule has 6 heteroatoms. The average molecular weight is 391 g/mol. The third kappa shape index (κ3) is 3.83. The molecule has 1 saturated heterocycles. The highest BCUT2D eigenvalue weighted by Crippen LogP contribution is 2.24. The zero-order chi connectivity index (χ0) is 20.4. The molecule has 0 saturated carbocycles. The van der Waals surface area contributed by atoms with Gasteiger partial charge >= 0.3 is 0 Å². The molecule has 0 radical (unpaired) electrons. The molecule has 1 aliphatic rings. The molecule has 0 bridgehead atoms. The lowest BCUT2D eigenvalue weighted by molar-refractivity contribution is -0.132. The second kappa shape index (κ2) is 7.99. The van der Waals surface area contributed by atoms with Crippen molar-refractivity contribution in [2.24, 2.45) is 0 Å². The fraction of sp³-hybridized carbons (Fsp3) is 0.304. The largest absolute Gasteiger partial charge is 0.497 e. The molecular formula is C23H25N3O3. The fourth-order valence-electron chi connectivity index (χ4n) is 3.93. The van der Waals surface area contributed by atoms with Crippen molar-refractivity contribution in [3.8, 4) is 5.75 Å². The Kier molecular flexibility index (Phi) is 5.25. The number of piperazine rings is 1. The molecule has 1 aromatic heterocycles. The van der Waals surface area contributed by atoms with Gasteiger partial charge in [-0.3, -0.25) is 9.59 Å². The first-order chi connectivity index (χ1) is 14.1. The zero-order valence-corrected chi connectivity index (χ0v) is 16.8. The summed E-state index contributed by atoms with van der Waals surface area (Å²) < 4.78 is 7.20. The lowest BCUT2D eigenvalue weighted by Gasteiger charge is -2.36. The van der Waals surface area contributed by atoms with Crippen molar-refractivity contribution in [2.75, 3.05) is 38.2 Å². The number of amides is 1. The van der Waals surface area contributed by atoms with Crippen LogP contribution in [0.4, 0.5) is 5.69 Å². The van der Waals surface area contributed by atoms with E-state index in [-0.39, 0.29) is 18.2 Å². The second-order valence-electron chi connectivity index (χ2n) is 7.31. The molecule has 4 rings (SSSR count). The normalized spacial score (nSPS) is 14.3. The number of anilines is 1. The van der Waals surface area contributed by atoms with Gasteiger partial charge in [0.15, 0.2) is 5.78 Å². The van der Waals surface area contributed by atoms with Crippen LogP contribution in [0, 0.1) is 0 Å². The number of para-hydroxylation sites is 1. The topological polar surface area (TPSA) is 54.8 Å². The lowest BCUT2D eigenvalue weighted by atomic mass is 10.1. The number of carbonyl (C=O) groups excluding carboxylic acids is 2. The first kappa shape index (κ1) is 19.1. The molecule has 1 amide bonds. The maximum Gasteiger partial charge on any atom is 0.242 e. The Bertz CT molecular complexity index is 1050. The summed E-state index contributed by atoms with van der Waals surface area (Å²) in [7, 11) is 1.66. The molecule has 0 unspecified atom stereocenters. The maximum absolute atomic E-state index is 12.9. The summed E-state index contributed by atoms with van der Waals surface area (Å²) in [5.74, 6) is 0.923. The van der Waals surface area contributed by atoms with Gasteiger partial charge in [-0.2, -0.15) is 0 Å². The smallest absolute Gasteiger partial charge is 0.242 e. The van der Waals surface area contributed by atoms with Crippen LogP contribution in [0.15, 0.2) is 54.7 Å². The van der Waals surface area contributed by atoms with Gasteiger partial charge in [-0.1, -0.05) is 24.3 Å². The van der Waals surface area contributed by atoms with Gasteiger partial charge in [-0.25, -0.2) is 0 Å². The van der Waals surface area contributed by atoms with Gasteiger partial charge in [-0.05, 0) is 25.1 Å². The van der Waals surface area contributed by atoms with Gasteiger partial charge in [0.2, 0.25) is 5.91 Å². The standard InChI is InChI=1S/C23H25N3O3/c1-17(27)21-15-26(22-9-4-3-8-20(21)22)16-23(28)25-12-10-24(11-13-25)18-6-5-7-19(14-18)29-2/h3-9,14-15H,10-13,16H2,1-2H3. The Hall–Kier alpha value is -3.28. The highest BCUT2D eigenvalue weighted by Gasteiger charge is 2.22. The summed E-state index contributed by atoms with van der Waals surface area (Å²) in [6.07, 6.45) is 1.80. The number of fused-ring (bicyclic) bond motifs is 1. The molecule has 1 aliphatic heterocycles. The summed E-state index contributed by atoms with van der Waals surface area (Å²) in [6, 6.07) is 15.7. The number of methoxy groups -OCH3 is 1. The first-order valence-electron chi connectivity index (χ1n) is 9.82. The van der Waals surface area contributed by atoms with Crippen LogP contribution >= 0.6 is 0 Å². The molecule has 2 aromatic carbocycles. The number of benzene rings is 2. The van der Waals surface area contributed by atoms with E-state index in [4.69, 9.17) is 4.74 Å². The quantitative estimate of drug-likeness (QED) is 0.627. The molecular weight excluding hydrogens is 366 g/mol.